The Bertz CT molecular complexity index is 1410. The van der Waals surface area contributed by atoms with E-state index in [2.05, 4.69) is 4.98 Å². The molecule has 3 aromatic rings. The van der Waals surface area contributed by atoms with Crippen LogP contribution in [0, 0.1) is 5.41 Å². The Hall–Kier alpha value is -3.37. The van der Waals surface area contributed by atoms with Gasteiger partial charge in [0.15, 0.2) is 5.96 Å². The highest BCUT2D eigenvalue weighted by atomic mass is 35.5. The van der Waals surface area contributed by atoms with Crippen molar-refractivity contribution >= 4 is 60.3 Å². The lowest BCUT2D eigenvalue weighted by Gasteiger charge is -2.12. The van der Waals surface area contributed by atoms with Crippen LogP contribution in [0.5, 0.6) is 5.75 Å². The number of carbonyl (C=O) groups is 1. The molecular weight excluding hydrogens is 538 g/mol. The Morgan fingerprint density at radius 3 is 2.17 bits per heavy atom. The standard InChI is InChI=1S/C18H18ClN5O2.2CH4O3S/c1-24(18(21)22)17(25)14-8-12-13(19)5-6-15(16(12)23-14)26-9-10-3-2-4-11(20)7-10;2*1-5(2,3)4/h2-8,23H,9,20H2,1H3,(H3,21,22);2*1H3,(H,2,3,4). The van der Waals surface area contributed by atoms with Crippen molar-refractivity contribution in [3.63, 3.8) is 0 Å². The fourth-order valence-electron chi connectivity index (χ4n) is 2.53. The number of hydrogen-bond donors (Lipinski definition) is 6. The third kappa shape index (κ3) is 11.4. The van der Waals surface area contributed by atoms with Crippen LogP contribution in [0.1, 0.15) is 16.1 Å². The summed E-state index contributed by atoms with van der Waals surface area (Å²) in [6.45, 7) is 0.317. The predicted molar refractivity (Wildman–Crippen MR) is 137 cm³/mol. The number of nitrogens with two attached hydrogens (primary N) is 2. The van der Waals surface area contributed by atoms with Crippen LogP contribution in [-0.4, -0.2) is 67.3 Å². The molecule has 0 atom stereocenters. The topological polar surface area (TPSA) is 230 Å². The minimum atomic E-state index is -3.67. The van der Waals surface area contributed by atoms with Crippen LogP contribution < -0.4 is 16.2 Å². The van der Waals surface area contributed by atoms with Gasteiger partial charge in [0, 0.05) is 18.1 Å². The molecule has 8 N–H and O–H groups in total. The van der Waals surface area contributed by atoms with Crippen molar-refractivity contribution in [2.24, 2.45) is 5.73 Å². The highest BCUT2D eigenvalue weighted by Gasteiger charge is 2.19. The zero-order valence-corrected chi connectivity index (χ0v) is 21.8. The number of guanidine groups is 1. The van der Waals surface area contributed by atoms with Crippen molar-refractivity contribution in [2.75, 3.05) is 25.3 Å². The number of hydrogen-bond acceptors (Lipinski definition) is 8. The summed E-state index contributed by atoms with van der Waals surface area (Å²) >= 11 is 6.24. The Balaban J connectivity index is 0.000000550. The fraction of sp³-hybridized carbons (Fsp3) is 0.200. The minimum absolute atomic E-state index is 0.264. The third-order valence-corrected chi connectivity index (χ3v) is 4.27. The van der Waals surface area contributed by atoms with E-state index in [9.17, 15) is 21.6 Å². The first-order chi connectivity index (χ1) is 16.4. The van der Waals surface area contributed by atoms with E-state index in [0.717, 1.165) is 10.5 Å². The number of nitrogens with one attached hydrogen (secondary N) is 2. The van der Waals surface area contributed by atoms with E-state index in [1.165, 1.54) is 7.05 Å². The van der Waals surface area contributed by atoms with Crippen LogP contribution in [-0.2, 0) is 26.8 Å². The number of anilines is 1. The number of aromatic nitrogens is 1. The third-order valence-electron chi connectivity index (χ3n) is 3.94. The van der Waals surface area contributed by atoms with Crippen LogP contribution in [0.3, 0.4) is 0 Å². The summed E-state index contributed by atoms with van der Waals surface area (Å²) in [5, 5.41) is 8.52. The molecule has 0 aliphatic rings. The summed E-state index contributed by atoms with van der Waals surface area (Å²) in [4.78, 5) is 16.4. The number of rotatable bonds is 4. The Labute approximate surface area is 213 Å². The first kappa shape index (κ1) is 30.7. The molecular formula is C20H26ClN5O8S2. The van der Waals surface area contributed by atoms with Crippen LogP contribution in [0.25, 0.3) is 10.9 Å². The van der Waals surface area contributed by atoms with Gasteiger partial charge in [-0.05, 0) is 35.9 Å². The number of H-pyrrole nitrogens is 1. The molecule has 1 heterocycles. The molecule has 0 fully saturated rings. The second-order valence-corrected chi connectivity index (χ2v) is 10.6. The number of ether oxygens (including phenoxy) is 1. The van der Waals surface area contributed by atoms with Gasteiger partial charge in [-0.25, -0.2) is 0 Å². The van der Waals surface area contributed by atoms with Gasteiger partial charge in [-0.3, -0.25) is 24.2 Å². The van der Waals surface area contributed by atoms with E-state index in [0.29, 0.717) is 46.5 Å². The van der Waals surface area contributed by atoms with Crippen molar-refractivity contribution < 1.29 is 35.5 Å². The van der Waals surface area contributed by atoms with Gasteiger partial charge in [0.2, 0.25) is 0 Å². The molecule has 2 aromatic carbocycles. The Morgan fingerprint density at radius 2 is 1.67 bits per heavy atom. The molecule has 0 saturated heterocycles. The number of amides is 1. The van der Waals surface area contributed by atoms with E-state index in [-0.39, 0.29) is 11.7 Å². The van der Waals surface area contributed by atoms with Gasteiger partial charge in [-0.2, -0.15) is 16.8 Å². The molecule has 198 valence electrons. The second-order valence-electron chi connectivity index (χ2n) is 7.27. The Kier molecular flexibility index (Phi) is 10.7. The molecule has 1 amide bonds. The number of carbonyl (C=O) groups excluding carboxylic acids is 1. The second kappa shape index (κ2) is 12.5. The van der Waals surface area contributed by atoms with E-state index >= 15 is 0 Å². The zero-order chi connectivity index (χ0) is 27.8. The van der Waals surface area contributed by atoms with Crippen LogP contribution in [0.15, 0.2) is 42.5 Å². The number of benzene rings is 2. The van der Waals surface area contributed by atoms with E-state index in [4.69, 9.17) is 42.3 Å². The van der Waals surface area contributed by atoms with Gasteiger partial charge in [-0.1, -0.05) is 23.7 Å². The number of aromatic amines is 1. The first-order valence-electron chi connectivity index (χ1n) is 9.62. The highest BCUT2D eigenvalue weighted by Crippen LogP contribution is 2.32. The van der Waals surface area contributed by atoms with Crippen molar-refractivity contribution in [1.29, 1.82) is 5.41 Å². The molecule has 0 unspecified atom stereocenters. The predicted octanol–water partition coefficient (Wildman–Crippen LogP) is 1.96. The quantitative estimate of drug-likeness (QED) is 0.117. The molecule has 3 rings (SSSR count). The molecule has 16 heteroatoms. The smallest absolute Gasteiger partial charge is 0.276 e. The molecule has 0 radical (unpaired) electrons. The Morgan fingerprint density at radius 1 is 1.11 bits per heavy atom. The van der Waals surface area contributed by atoms with Crippen molar-refractivity contribution in [3.05, 3.63) is 58.7 Å². The van der Waals surface area contributed by atoms with Gasteiger partial charge >= 0.3 is 0 Å². The van der Waals surface area contributed by atoms with Crippen LogP contribution >= 0.6 is 11.6 Å². The molecule has 0 saturated carbocycles. The fourth-order valence-corrected chi connectivity index (χ4v) is 2.74. The molecule has 1 aromatic heterocycles. The lowest BCUT2D eigenvalue weighted by molar-refractivity contribution is 0.0864. The molecule has 0 bridgehead atoms. The van der Waals surface area contributed by atoms with Crippen LogP contribution in [0.2, 0.25) is 5.02 Å². The monoisotopic (exact) mass is 563 g/mol. The summed E-state index contributed by atoms with van der Waals surface area (Å²) in [5.41, 5.74) is 13.6. The first-order valence-corrected chi connectivity index (χ1v) is 13.7. The number of nitrogens with zero attached hydrogens (tertiary/aromatic N) is 1. The van der Waals surface area contributed by atoms with Crippen molar-refractivity contribution in [3.8, 4) is 5.75 Å². The van der Waals surface area contributed by atoms with Gasteiger partial charge < -0.3 is 21.2 Å². The van der Waals surface area contributed by atoms with Gasteiger partial charge in [0.25, 0.3) is 26.1 Å². The van der Waals surface area contributed by atoms with E-state index in [1.54, 1.807) is 24.3 Å². The van der Waals surface area contributed by atoms with Gasteiger partial charge in [0.1, 0.15) is 18.1 Å². The summed E-state index contributed by atoms with van der Waals surface area (Å²) in [7, 11) is -5.91. The van der Waals surface area contributed by atoms with Gasteiger partial charge in [0.05, 0.1) is 23.1 Å². The number of halogens is 1. The summed E-state index contributed by atoms with van der Waals surface area (Å²) in [5.74, 6) is -0.235. The maximum absolute atomic E-state index is 12.4. The molecule has 13 nitrogen and oxygen atoms in total. The largest absolute Gasteiger partial charge is 0.487 e. The molecule has 0 aliphatic heterocycles. The molecule has 36 heavy (non-hydrogen) atoms. The summed E-state index contributed by atoms with van der Waals surface area (Å²) in [6, 6.07) is 12.5. The number of nitrogen functional groups attached to an aromatic ring is 1. The zero-order valence-electron chi connectivity index (χ0n) is 19.4. The summed E-state index contributed by atoms with van der Waals surface area (Å²) in [6.07, 6.45) is 1.43. The van der Waals surface area contributed by atoms with Crippen molar-refractivity contribution in [1.82, 2.24) is 9.88 Å². The van der Waals surface area contributed by atoms with Crippen LogP contribution in [0.4, 0.5) is 5.69 Å². The SMILES string of the molecule is CN(C(=N)N)C(=O)c1cc2c(Cl)ccc(OCc3cccc(N)c3)c2[nH]1.CS(=O)(=O)O.CS(=O)(=O)O. The summed E-state index contributed by atoms with van der Waals surface area (Å²) < 4.78 is 57.6. The van der Waals surface area contributed by atoms with E-state index < -0.39 is 26.1 Å². The maximum Gasteiger partial charge on any atom is 0.276 e. The average Bonchev–Trinajstić information content (AvgIpc) is 3.16. The molecule has 0 aliphatic carbocycles. The minimum Gasteiger partial charge on any atom is -0.487 e. The van der Waals surface area contributed by atoms with Crippen molar-refractivity contribution in [2.45, 2.75) is 6.61 Å². The normalized spacial score (nSPS) is 10.9. The lowest BCUT2D eigenvalue weighted by atomic mass is 10.2. The highest BCUT2D eigenvalue weighted by molar-refractivity contribution is 7.85. The lowest BCUT2D eigenvalue weighted by Crippen LogP contribution is -2.38. The molecule has 0 spiro atoms. The number of fused-ring (bicyclic) bond motifs is 1. The average molecular weight is 564 g/mol. The van der Waals surface area contributed by atoms with Gasteiger partial charge in [-0.15, -0.1) is 0 Å². The maximum atomic E-state index is 12.4. The van der Waals surface area contributed by atoms with E-state index in [1.807, 2.05) is 18.2 Å².